The average Bonchev–Trinajstić information content (AvgIpc) is 2.50. The van der Waals surface area contributed by atoms with Crippen molar-refractivity contribution in [1.82, 2.24) is 10.5 Å². The van der Waals surface area contributed by atoms with E-state index in [1.807, 2.05) is 0 Å². The largest absolute Gasteiger partial charge is 0.294 e. The number of nitrogens with zero attached hydrogens (tertiary/aromatic N) is 1. The summed E-state index contributed by atoms with van der Waals surface area (Å²) in [5.41, 5.74) is 2.63. The first kappa shape index (κ1) is 12.5. The predicted molar refractivity (Wildman–Crippen MR) is 62.2 cm³/mol. The van der Waals surface area contributed by atoms with Gasteiger partial charge in [0.15, 0.2) is 4.34 Å². The van der Waals surface area contributed by atoms with Gasteiger partial charge >= 0.3 is 0 Å². The molecule has 0 radical (unpaired) electrons. The van der Waals surface area contributed by atoms with Gasteiger partial charge < -0.3 is 0 Å². The van der Waals surface area contributed by atoms with Gasteiger partial charge in [0.25, 0.3) is 5.91 Å². The molecule has 1 amide bonds. The molecule has 0 unspecified atom stereocenters. The molecule has 1 aromatic heterocycles. The highest BCUT2D eigenvalue weighted by atomic mass is 32.2. The van der Waals surface area contributed by atoms with E-state index in [4.69, 9.17) is 0 Å². The molecule has 15 heavy (non-hydrogen) atoms. The molecule has 0 aliphatic heterocycles. The van der Waals surface area contributed by atoms with Gasteiger partial charge in [0.2, 0.25) is 0 Å². The van der Waals surface area contributed by atoms with Crippen LogP contribution in [0.4, 0.5) is 0 Å². The van der Waals surface area contributed by atoms with Crippen LogP contribution in [0.15, 0.2) is 9.72 Å². The minimum absolute atomic E-state index is 0.104. The highest BCUT2D eigenvalue weighted by molar-refractivity contribution is 8.02. The van der Waals surface area contributed by atoms with Crippen LogP contribution in [0.2, 0.25) is 0 Å². The van der Waals surface area contributed by atoms with Crippen LogP contribution in [0, 0.1) is 0 Å². The third-order valence-corrected chi connectivity index (χ3v) is 3.35. The number of aromatic nitrogens is 1. The molecule has 4 nitrogen and oxygen atoms in total. The topological polar surface area (TPSA) is 51.2 Å². The smallest absolute Gasteiger partial charge is 0.277 e. The van der Waals surface area contributed by atoms with Crippen LogP contribution in [-0.4, -0.2) is 22.7 Å². The number of nitrogens with one attached hydrogen (secondary N) is 1. The molecule has 0 aliphatic carbocycles. The number of hydrogen-bond donors (Lipinski definition) is 1. The van der Waals surface area contributed by atoms with Gasteiger partial charge in [-0.1, -0.05) is 32.5 Å². The van der Waals surface area contributed by atoms with Crippen LogP contribution in [0.5, 0.6) is 0 Å². The maximum Gasteiger partial charge on any atom is 0.294 e. The summed E-state index contributed by atoms with van der Waals surface area (Å²) < 4.78 is 0.996. The summed E-state index contributed by atoms with van der Waals surface area (Å²) in [4.78, 5) is 20.1. The highest BCUT2D eigenvalue weighted by Gasteiger charge is 2.16. The zero-order valence-electron chi connectivity index (χ0n) is 9.16. The molecule has 1 rings (SSSR count). The molecule has 0 spiro atoms. The van der Waals surface area contributed by atoms with Crippen molar-refractivity contribution < 1.29 is 9.63 Å². The van der Waals surface area contributed by atoms with Crippen molar-refractivity contribution in [2.75, 3.05) is 7.11 Å². The number of hydrogen-bond acceptors (Lipinski definition) is 5. The second-order valence-electron chi connectivity index (χ2n) is 3.85. The van der Waals surface area contributed by atoms with Gasteiger partial charge in [0.05, 0.1) is 7.11 Å². The van der Waals surface area contributed by atoms with E-state index in [0.717, 1.165) is 4.34 Å². The van der Waals surface area contributed by atoms with Crippen molar-refractivity contribution in [3.8, 4) is 0 Å². The van der Waals surface area contributed by atoms with Crippen LogP contribution in [0.3, 0.4) is 0 Å². The van der Waals surface area contributed by atoms with E-state index in [2.05, 4.69) is 36.1 Å². The van der Waals surface area contributed by atoms with Crippen LogP contribution < -0.4 is 5.48 Å². The standard InChI is InChI=1S/C9H14N2O2S2/c1-9(2,3)15-8-10-6(5-14-8)7(12)11-13-4/h5H,1-4H3,(H,11,12). The molecule has 0 atom stereocenters. The van der Waals surface area contributed by atoms with Gasteiger partial charge in [0.1, 0.15) is 5.69 Å². The zero-order valence-corrected chi connectivity index (χ0v) is 10.8. The van der Waals surface area contributed by atoms with E-state index >= 15 is 0 Å². The SMILES string of the molecule is CONC(=O)c1csc(SC(C)(C)C)n1. The molecule has 0 aliphatic rings. The maximum absolute atomic E-state index is 11.3. The lowest BCUT2D eigenvalue weighted by molar-refractivity contribution is 0.0532. The van der Waals surface area contributed by atoms with Crippen molar-refractivity contribution in [3.05, 3.63) is 11.1 Å². The minimum atomic E-state index is -0.311. The number of thiazole rings is 1. The molecular weight excluding hydrogens is 232 g/mol. The summed E-state index contributed by atoms with van der Waals surface area (Å²) in [6, 6.07) is 0. The first-order valence-corrected chi connectivity index (χ1v) is 6.10. The van der Waals surface area contributed by atoms with Gasteiger partial charge in [-0.3, -0.25) is 9.63 Å². The van der Waals surface area contributed by atoms with E-state index in [1.165, 1.54) is 18.4 Å². The Morgan fingerprint density at radius 3 is 2.80 bits per heavy atom. The first-order valence-electron chi connectivity index (χ1n) is 4.40. The molecule has 1 aromatic rings. The van der Waals surface area contributed by atoms with Gasteiger partial charge in [0, 0.05) is 10.1 Å². The summed E-state index contributed by atoms with van der Waals surface area (Å²) in [6.45, 7) is 6.32. The van der Waals surface area contributed by atoms with E-state index < -0.39 is 0 Å². The number of hydroxylamine groups is 1. The molecule has 0 aromatic carbocycles. The Balaban J connectivity index is 2.68. The second-order valence-corrected chi connectivity index (χ2v) is 6.78. The molecule has 1 heterocycles. The van der Waals surface area contributed by atoms with Crippen LogP contribution in [0.1, 0.15) is 31.3 Å². The summed E-state index contributed by atoms with van der Waals surface area (Å²) in [5, 5.41) is 1.72. The van der Waals surface area contributed by atoms with Crippen molar-refractivity contribution in [2.24, 2.45) is 0 Å². The monoisotopic (exact) mass is 246 g/mol. The lowest BCUT2D eigenvalue weighted by Crippen LogP contribution is -2.22. The Hall–Kier alpha value is -0.590. The lowest BCUT2D eigenvalue weighted by Gasteiger charge is -2.14. The van der Waals surface area contributed by atoms with Crippen molar-refractivity contribution in [1.29, 1.82) is 0 Å². The Morgan fingerprint density at radius 1 is 1.60 bits per heavy atom. The Labute approximate surface area is 97.4 Å². The molecule has 1 N–H and O–H groups in total. The summed E-state index contributed by atoms with van der Waals surface area (Å²) in [6.07, 6.45) is 0. The fourth-order valence-corrected chi connectivity index (χ4v) is 3.09. The molecule has 84 valence electrons. The van der Waals surface area contributed by atoms with Crippen LogP contribution in [-0.2, 0) is 4.84 Å². The average molecular weight is 246 g/mol. The van der Waals surface area contributed by atoms with Gasteiger partial charge in [-0.15, -0.1) is 11.3 Å². The Bertz CT molecular complexity index is 344. The van der Waals surface area contributed by atoms with E-state index in [-0.39, 0.29) is 10.7 Å². The van der Waals surface area contributed by atoms with E-state index in [0.29, 0.717) is 5.69 Å². The lowest BCUT2D eigenvalue weighted by atomic mass is 10.3. The molecule has 0 bridgehead atoms. The van der Waals surface area contributed by atoms with Gasteiger partial charge in [-0.2, -0.15) is 0 Å². The molecular formula is C9H14N2O2S2. The van der Waals surface area contributed by atoms with Crippen molar-refractivity contribution in [3.63, 3.8) is 0 Å². The van der Waals surface area contributed by atoms with Gasteiger partial charge in [-0.05, 0) is 0 Å². The maximum atomic E-state index is 11.3. The number of rotatable bonds is 3. The molecule has 0 saturated carbocycles. The first-order chi connectivity index (χ1) is 6.92. The van der Waals surface area contributed by atoms with E-state index in [1.54, 1.807) is 17.1 Å². The van der Waals surface area contributed by atoms with Crippen LogP contribution in [0.25, 0.3) is 0 Å². The normalized spacial score (nSPS) is 11.5. The summed E-state index contributed by atoms with van der Waals surface area (Å²) >= 11 is 3.11. The third-order valence-electron chi connectivity index (χ3n) is 1.30. The third kappa shape index (κ3) is 4.19. The second kappa shape index (κ2) is 4.96. The number of carbonyl (C=O) groups is 1. The number of amides is 1. The summed E-state index contributed by atoms with van der Waals surface area (Å²) in [7, 11) is 1.40. The summed E-state index contributed by atoms with van der Waals surface area (Å²) in [5.74, 6) is -0.311. The molecule has 6 heteroatoms. The minimum Gasteiger partial charge on any atom is -0.277 e. The highest BCUT2D eigenvalue weighted by Crippen LogP contribution is 2.33. The van der Waals surface area contributed by atoms with Crippen LogP contribution >= 0.6 is 23.1 Å². The van der Waals surface area contributed by atoms with E-state index in [9.17, 15) is 4.79 Å². The van der Waals surface area contributed by atoms with Crippen molar-refractivity contribution >= 4 is 29.0 Å². The number of thioether (sulfide) groups is 1. The quantitative estimate of drug-likeness (QED) is 0.657. The van der Waals surface area contributed by atoms with Crippen molar-refractivity contribution in [2.45, 2.75) is 29.9 Å². The Morgan fingerprint density at radius 2 is 2.27 bits per heavy atom. The Kier molecular flexibility index (Phi) is 4.12. The fourth-order valence-electron chi connectivity index (χ4n) is 0.815. The zero-order chi connectivity index (χ0) is 11.5. The predicted octanol–water partition coefficient (Wildman–Crippen LogP) is 2.32. The fraction of sp³-hybridized carbons (Fsp3) is 0.556. The molecule has 0 fully saturated rings. The number of carbonyl (C=O) groups excluding carboxylic acids is 1. The van der Waals surface area contributed by atoms with Gasteiger partial charge in [-0.25, -0.2) is 10.5 Å². The molecule has 0 saturated heterocycles.